The molecule has 0 spiro atoms. The number of rotatable bonds is 5. The Kier molecular flexibility index (Phi) is 5.22. The van der Waals surface area contributed by atoms with E-state index in [9.17, 15) is 4.79 Å². The zero-order valence-corrected chi connectivity index (χ0v) is 10.4. The van der Waals surface area contributed by atoms with Crippen molar-refractivity contribution >= 4 is 11.6 Å². The van der Waals surface area contributed by atoms with Crippen LogP contribution in [0.3, 0.4) is 0 Å². The van der Waals surface area contributed by atoms with Gasteiger partial charge in [-0.15, -0.1) is 0 Å². The van der Waals surface area contributed by atoms with E-state index >= 15 is 0 Å². The summed E-state index contributed by atoms with van der Waals surface area (Å²) in [6.45, 7) is 4.11. The van der Waals surface area contributed by atoms with Gasteiger partial charge in [0, 0.05) is 11.6 Å². The number of benzene rings is 1. The van der Waals surface area contributed by atoms with Crippen LogP contribution < -0.4 is 4.90 Å². The Balaban J connectivity index is 2.94. The first-order valence-corrected chi connectivity index (χ1v) is 5.97. The molecule has 1 amide bonds. The third-order valence-corrected chi connectivity index (χ3v) is 2.90. The maximum Gasteiger partial charge on any atom is 0.230 e. The average Bonchev–Trinajstić information content (AvgIpc) is 2.38. The summed E-state index contributed by atoms with van der Waals surface area (Å²) in [4.78, 5) is 13.8. The van der Waals surface area contributed by atoms with Crippen molar-refractivity contribution in [2.45, 2.75) is 26.7 Å². The fraction of sp³-hybridized carbons (Fsp3) is 0.429. The Bertz CT molecular complexity index is 390. The molecule has 0 heterocycles. The van der Waals surface area contributed by atoms with Crippen molar-refractivity contribution in [2.24, 2.45) is 5.92 Å². The van der Waals surface area contributed by atoms with Gasteiger partial charge >= 0.3 is 0 Å². The number of nitrogens with zero attached hydrogens (tertiary/aromatic N) is 2. The normalized spacial score (nSPS) is 10.0. The third-order valence-electron chi connectivity index (χ3n) is 2.90. The fourth-order valence-electron chi connectivity index (χ4n) is 1.83. The first-order valence-electron chi connectivity index (χ1n) is 5.97. The number of para-hydroxylation sites is 1. The van der Waals surface area contributed by atoms with Crippen LogP contribution >= 0.6 is 0 Å². The number of nitriles is 1. The predicted octanol–water partition coefficient (Wildman–Crippen LogP) is 2.98. The molecule has 90 valence electrons. The van der Waals surface area contributed by atoms with E-state index in [0.717, 1.165) is 18.5 Å². The van der Waals surface area contributed by atoms with Crippen LogP contribution in [0.1, 0.15) is 26.7 Å². The minimum absolute atomic E-state index is 0.00329. The van der Waals surface area contributed by atoms with Gasteiger partial charge in [-0.05, 0) is 25.0 Å². The first kappa shape index (κ1) is 13.2. The number of hydrogen-bond acceptors (Lipinski definition) is 2. The Labute approximate surface area is 103 Å². The van der Waals surface area contributed by atoms with E-state index in [-0.39, 0.29) is 18.4 Å². The molecule has 0 saturated heterocycles. The molecule has 0 aliphatic carbocycles. The molecule has 0 bridgehead atoms. The molecule has 0 aliphatic heterocycles. The van der Waals surface area contributed by atoms with Gasteiger partial charge in [0.2, 0.25) is 5.91 Å². The highest BCUT2D eigenvalue weighted by atomic mass is 16.2. The van der Waals surface area contributed by atoms with Crippen molar-refractivity contribution in [3.8, 4) is 6.07 Å². The van der Waals surface area contributed by atoms with Crippen molar-refractivity contribution in [3.05, 3.63) is 30.3 Å². The van der Waals surface area contributed by atoms with Crippen LogP contribution in [-0.2, 0) is 4.79 Å². The SMILES string of the molecule is CCC(CC)C(=O)N(CC#N)c1ccccc1. The van der Waals surface area contributed by atoms with Gasteiger partial charge < -0.3 is 0 Å². The summed E-state index contributed by atoms with van der Waals surface area (Å²) >= 11 is 0. The van der Waals surface area contributed by atoms with Gasteiger partial charge in [0.1, 0.15) is 6.54 Å². The van der Waals surface area contributed by atoms with Crippen LogP contribution in [0.5, 0.6) is 0 Å². The largest absolute Gasteiger partial charge is 0.298 e. The molecule has 0 atom stereocenters. The molecule has 0 saturated carbocycles. The lowest BCUT2D eigenvalue weighted by atomic mass is 10.0. The van der Waals surface area contributed by atoms with Gasteiger partial charge in [0.15, 0.2) is 0 Å². The molecular weight excluding hydrogens is 212 g/mol. The van der Waals surface area contributed by atoms with Crippen LogP contribution in [0.15, 0.2) is 30.3 Å². The van der Waals surface area contributed by atoms with Crippen LogP contribution in [0.25, 0.3) is 0 Å². The molecule has 0 N–H and O–H groups in total. The zero-order valence-electron chi connectivity index (χ0n) is 10.4. The summed E-state index contributed by atoms with van der Waals surface area (Å²) in [7, 11) is 0. The lowest BCUT2D eigenvalue weighted by Gasteiger charge is -2.24. The summed E-state index contributed by atoms with van der Waals surface area (Å²) in [6.07, 6.45) is 1.62. The van der Waals surface area contributed by atoms with Gasteiger partial charge in [0.05, 0.1) is 6.07 Å². The molecule has 1 rings (SSSR count). The highest BCUT2D eigenvalue weighted by Crippen LogP contribution is 2.19. The quantitative estimate of drug-likeness (QED) is 0.730. The average molecular weight is 230 g/mol. The summed E-state index contributed by atoms with van der Waals surface area (Å²) in [5.74, 6) is 0.0475. The highest BCUT2D eigenvalue weighted by molar-refractivity contribution is 5.95. The minimum atomic E-state index is 0.00329. The maximum absolute atomic E-state index is 12.3. The predicted molar refractivity (Wildman–Crippen MR) is 68.5 cm³/mol. The second-order valence-electron chi connectivity index (χ2n) is 3.93. The lowest BCUT2D eigenvalue weighted by molar-refractivity contribution is -0.122. The Hall–Kier alpha value is -1.82. The molecule has 0 fully saturated rings. The fourth-order valence-corrected chi connectivity index (χ4v) is 1.83. The van der Waals surface area contributed by atoms with E-state index in [1.807, 2.05) is 44.2 Å². The van der Waals surface area contributed by atoms with Crippen molar-refractivity contribution < 1.29 is 4.79 Å². The van der Waals surface area contributed by atoms with Gasteiger partial charge in [-0.3, -0.25) is 9.69 Å². The van der Waals surface area contributed by atoms with Gasteiger partial charge in [-0.2, -0.15) is 5.26 Å². The van der Waals surface area contributed by atoms with E-state index in [1.165, 1.54) is 0 Å². The zero-order chi connectivity index (χ0) is 12.7. The molecule has 1 aromatic rings. The summed E-state index contributed by atoms with van der Waals surface area (Å²) in [5, 5.41) is 8.83. The molecular formula is C14H18N2O. The second kappa shape index (κ2) is 6.70. The van der Waals surface area contributed by atoms with E-state index in [1.54, 1.807) is 4.90 Å². The van der Waals surface area contributed by atoms with E-state index in [0.29, 0.717) is 0 Å². The van der Waals surface area contributed by atoms with Crippen molar-refractivity contribution in [1.29, 1.82) is 5.26 Å². The maximum atomic E-state index is 12.3. The summed E-state index contributed by atoms with van der Waals surface area (Å²) < 4.78 is 0. The van der Waals surface area contributed by atoms with Crippen LogP contribution in [0.2, 0.25) is 0 Å². The Morgan fingerprint density at radius 2 is 1.88 bits per heavy atom. The van der Waals surface area contributed by atoms with Crippen LogP contribution in [0.4, 0.5) is 5.69 Å². The molecule has 3 heteroatoms. The molecule has 0 unspecified atom stereocenters. The van der Waals surface area contributed by atoms with Gasteiger partial charge in [-0.1, -0.05) is 32.0 Å². The Morgan fingerprint density at radius 1 is 1.29 bits per heavy atom. The molecule has 3 nitrogen and oxygen atoms in total. The number of anilines is 1. The third kappa shape index (κ3) is 3.32. The van der Waals surface area contributed by atoms with Gasteiger partial charge in [0.25, 0.3) is 0 Å². The van der Waals surface area contributed by atoms with Crippen LogP contribution in [-0.4, -0.2) is 12.5 Å². The van der Waals surface area contributed by atoms with Crippen molar-refractivity contribution in [1.82, 2.24) is 0 Å². The first-order chi connectivity index (χ1) is 8.24. The number of carbonyl (C=O) groups is 1. The topological polar surface area (TPSA) is 44.1 Å². The number of amides is 1. The van der Waals surface area contributed by atoms with Gasteiger partial charge in [-0.25, -0.2) is 0 Å². The monoisotopic (exact) mass is 230 g/mol. The second-order valence-corrected chi connectivity index (χ2v) is 3.93. The summed E-state index contributed by atoms with van der Waals surface area (Å²) in [6, 6.07) is 11.4. The Morgan fingerprint density at radius 3 is 2.35 bits per heavy atom. The number of carbonyl (C=O) groups excluding carboxylic acids is 1. The van der Waals surface area contributed by atoms with Crippen molar-refractivity contribution in [2.75, 3.05) is 11.4 Å². The molecule has 0 radical (unpaired) electrons. The van der Waals surface area contributed by atoms with E-state index in [2.05, 4.69) is 6.07 Å². The summed E-state index contributed by atoms with van der Waals surface area (Å²) in [5.41, 5.74) is 0.797. The van der Waals surface area contributed by atoms with E-state index in [4.69, 9.17) is 5.26 Å². The molecule has 17 heavy (non-hydrogen) atoms. The molecule has 1 aromatic carbocycles. The van der Waals surface area contributed by atoms with Crippen molar-refractivity contribution in [3.63, 3.8) is 0 Å². The number of hydrogen-bond donors (Lipinski definition) is 0. The molecule has 0 aromatic heterocycles. The van der Waals surface area contributed by atoms with E-state index < -0.39 is 0 Å². The lowest BCUT2D eigenvalue weighted by Crippen LogP contribution is -2.36. The standard InChI is InChI=1S/C14H18N2O/c1-3-12(4-2)14(17)16(11-10-15)13-8-6-5-7-9-13/h5-9,12H,3-4,11H2,1-2H3. The van der Waals surface area contributed by atoms with Crippen LogP contribution in [0, 0.1) is 17.2 Å². The molecule has 0 aliphatic rings. The highest BCUT2D eigenvalue weighted by Gasteiger charge is 2.22. The smallest absolute Gasteiger partial charge is 0.230 e. The minimum Gasteiger partial charge on any atom is -0.298 e.